The van der Waals surface area contributed by atoms with Crippen molar-refractivity contribution in [2.45, 2.75) is 39.2 Å². The number of amides is 2. The van der Waals surface area contributed by atoms with E-state index in [0.29, 0.717) is 6.54 Å². The zero-order valence-corrected chi connectivity index (χ0v) is 13.8. The monoisotopic (exact) mass is 295 g/mol. The first-order valence-corrected chi connectivity index (χ1v) is 8.14. The van der Waals surface area contributed by atoms with E-state index in [1.165, 1.54) is 0 Å². The van der Waals surface area contributed by atoms with Gasteiger partial charge in [-0.05, 0) is 39.4 Å². The predicted molar refractivity (Wildman–Crippen MR) is 82.8 cm³/mol. The summed E-state index contributed by atoms with van der Waals surface area (Å²) in [6.45, 7) is 7.37. The van der Waals surface area contributed by atoms with Crippen LogP contribution in [0, 0.1) is 11.8 Å². The summed E-state index contributed by atoms with van der Waals surface area (Å²) in [5, 5.41) is 0. The van der Waals surface area contributed by atoms with E-state index in [4.69, 9.17) is 0 Å². The summed E-state index contributed by atoms with van der Waals surface area (Å²) in [6, 6.07) is 0.194. The average molecular weight is 295 g/mol. The largest absolute Gasteiger partial charge is 0.341 e. The lowest BCUT2D eigenvalue weighted by molar-refractivity contribution is -0.139. The van der Waals surface area contributed by atoms with Gasteiger partial charge in [0.1, 0.15) is 0 Å². The summed E-state index contributed by atoms with van der Waals surface area (Å²) in [7, 11) is 4.02. The van der Waals surface area contributed by atoms with E-state index in [2.05, 4.69) is 11.9 Å². The number of hydrogen-bond acceptors (Lipinski definition) is 3. The van der Waals surface area contributed by atoms with Crippen molar-refractivity contribution in [1.29, 1.82) is 0 Å². The van der Waals surface area contributed by atoms with Crippen LogP contribution in [0.2, 0.25) is 0 Å². The Morgan fingerprint density at radius 2 is 1.71 bits per heavy atom. The lowest BCUT2D eigenvalue weighted by atomic mass is 9.95. The van der Waals surface area contributed by atoms with Crippen LogP contribution in [0.3, 0.4) is 0 Å². The van der Waals surface area contributed by atoms with Gasteiger partial charge < -0.3 is 14.7 Å². The Labute approximate surface area is 128 Å². The number of likely N-dealkylation sites (N-methyl/N-ethyl adjacent to an activating group) is 1. The number of carbonyl (C=O) groups is 2. The van der Waals surface area contributed by atoms with E-state index in [-0.39, 0.29) is 29.7 Å². The van der Waals surface area contributed by atoms with Gasteiger partial charge in [-0.25, -0.2) is 0 Å². The molecule has 1 atom stereocenters. The minimum atomic E-state index is 0.0404. The molecule has 120 valence electrons. The van der Waals surface area contributed by atoms with Crippen molar-refractivity contribution in [3.63, 3.8) is 0 Å². The first-order chi connectivity index (χ1) is 9.90. The summed E-state index contributed by atoms with van der Waals surface area (Å²) in [4.78, 5) is 30.7. The topological polar surface area (TPSA) is 43.9 Å². The number of hydrogen-bond donors (Lipinski definition) is 0. The third kappa shape index (κ3) is 3.76. The fraction of sp³-hybridized carbons (Fsp3) is 0.875. The molecule has 0 aliphatic carbocycles. The lowest BCUT2D eigenvalue weighted by Crippen LogP contribution is -2.45. The standard InChI is InChI=1S/C16H29N3O2/c1-12(2)15(20)19-10-7-14(11-19)18(4)16(21)13-5-8-17(3)9-6-13/h12-14H,5-11H2,1-4H3. The van der Waals surface area contributed by atoms with Gasteiger partial charge in [-0.1, -0.05) is 13.8 Å². The van der Waals surface area contributed by atoms with Crippen LogP contribution in [-0.2, 0) is 9.59 Å². The summed E-state index contributed by atoms with van der Waals surface area (Å²) < 4.78 is 0. The van der Waals surface area contributed by atoms with Crippen molar-refractivity contribution in [3.05, 3.63) is 0 Å². The summed E-state index contributed by atoms with van der Waals surface area (Å²) in [6.07, 6.45) is 2.83. The minimum Gasteiger partial charge on any atom is -0.341 e. The Balaban J connectivity index is 1.87. The lowest BCUT2D eigenvalue weighted by Gasteiger charge is -2.33. The molecule has 5 heteroatoms. The third-order valence-electron chi connectivity index (χ3n) is 4.93. The maximum Gasteiger partial charge on any atom is 0.225 e. The average Bonchev–Trinajstić information content (AvgIpc) is 2.95. The molecule has 1 unspecified atom stereocenters. The molecule has 2 rings (SSSR count). The molecule has 2 heterocycles. The molecular formula is C16H29N3O2. The smallest absolute Gasteiger partial charge is 0.225 e. The molecule has 2 amide bonds. The Bertz CT molecular complexity index is 389. The molecule has 0 aromatic carbocycles. The molecule has 0 aromatic heterocycles. The number of carbonyl (C=O) groups excluding carboxylic acids is 2. The van der Waals surface area contributed by atoms with Crippen molar-refractivity contribution in [2.24, 2.45) is 11.8 Å². The SMILES string of the molecule is CC(C)C(=O)N1CCC(N(C)C(=O)C2CCN(C)CC2)C1. The minimum absolute atomic E-state index is 0.0404. The molecule has 21 heavy (non-hydrogen) atoms. The maximum atomic E-state index is 12.6. The molecule has 0 N–H and O–H groups in total. The van der Waals surface area contributed by atoms with E-state index in [9.17, 15) is 9.59 Å². The first kappa shape index (κ1) is 16.3. The van der Waals surface area contributed by atoms with Crippen LogP contribution in [0.15, 0.2) is 0 Å². The Morgan fingerprint density at radius 1 is 1.10 bits per heavy atom. The van der Waals surface area contributed by atoms with E-state index in [1.807, 2.05) is 30.7 Å². The highest BCUT2D eigenvalue weighted by molar-refractivity contribution is 5.80. The van der Waals surface area contributed by atoms with Gasteiger partial charge in [-0.2, -0.15) is 0 Å². The van der Waals surface area contributed by atoms with Gasteiger partial charge in [-0.3, -0.25) is 9.59 Å². The molecule has 2 aliphatic heterocycles. The summed E-state index contributed by atoms with van der Waals surface area (Å²) in [5.41, 5.74) is 0. The second-order valence-corrected chi connectivity index (χ2v) is 6.91. The molecule has 2 saturated heterocycles. The summed E-state index contributed by atoms with van der Waals surface area (Å²) in [5.74, 6) is 0.685. The van der Waals surface area contributed by atoms with E-state index in [1.54, 1.807) is 0 Å². The number of likely N-dealkylation sites (tertiary alicyclic amines) is 2. The highest BCUT2D eigenvalue weighted by atomic mass is 16.2. The van der Waals surface area contributed by atoms with Crippen molar-refractivity contribution in [1.82, 2.24) is 14.7 Å². The van der Waals surface area contributed by atoms with Crippen LogP contribution >= 0.6 is 0 Å². The van der Waals surface area contributed by atoms with Gasteiger partial charge in [0.05, 0.1) is 6.04 Å². The van der Waals surface area contributed by atoms with Crippen LogP contribution in [0.1, 0.15) is 33.1 Å². The molecule has 2 fully saturated rings. The van der Waals surface area contributed by atoms with Crippen LogP contribution in [-0.4, -0.2) is 72.8 Å². The molecule has 0 spiro atoms. The summed E-state index contributed by atoms with van der Waals surface area (Å²) >= 11 is 0. The molecule has 5 nitrogen and oxygen atoms in total. The van der Waals surface area contributed by atoms with Crippen LogP contribution in [0.5, 0.6) is 0 Å². The molecule has 2 aliphatic rings. The van der Waals surface area contributed by atoms with E-state index < -0.39 is 0 Å². The third-order valence-corrected chi connectivity index (χ3v) is 4.93. The number of rotatable bonds is 3. The Morgan fingerprint density at radius 3 is 2.29 bits per heavy atom. The fourth-order valence-electron chi connectivity index (χ4n) is 3.35. The number of nitrogens with zero attached hydrogens (tertiary/aromatic N) is 3. The van der Waals surface area contributed by atoms with Gasteiger partial charge in [0.25, 0.3) is 0 Å². The van der Waals surface area contributed by atoms with Crippen molar-refractivity contribution in [3.8, 4) is 0 Å². The Kier molecular flexibility index (Phi) is 5.25. The van der Waals surface area contributed by atoms with Gasteiger partial charge >= 0.3 is 0 Å². The van der Waals surface area contributed by atoms with Gasteiger partial charge in [0, 0.05) is 32.0 Å². The van der Waals surface area contributed by atoms with Crippen LogP contribution in [0.4, 0.5) is 0 Å². The van der Waals surface area contributed by atoms with Gasteiger partial charge in [0.2, 0.25) is 11.8 Å². The Hall–Kier alpha value is -1.10. The zero-order valence-electron chi connectivity index (χ0n) is 13.8. The highest BCUT2D eigenvalue weighted by Gasteiger charge is 2.34. The normalized spacial score (nSPS) is 24.6. The highest BCUT2D eigenvalue weighted by Crippen LogP contribution is 2.22. The molecule has 0 aromatic rings. The predicted octanol–water partition coefficient (Wildman–Crippen LogP) is 1.04. The quantitative estimate of drug-likeness (QED) is 0.781. The molecule has 0 bridgehead atoms. The van der Waals surface area contributed by atoms with E-state index >= 15 is 0 Å². The van der Waals surface area contributed by atoms with Crippen LogP contribution in [0.25, 0.3) is 0 Å². The van der Waals surface area contributed by atoms with Crippen LogP contribution < -0.4 is 0 Å². The maximum absolute atomic E-state index is 12.6. The molecule has 0 radical (unpaired) electrons. The second-order valence-electron chi connectivity index (χ2n) is 6.91. The molecular weight excluding hydrogens is 266 g/mol. The van der Waals surface area contributed by atoms with Crippen molar-refractivity contribution in [2.75, 3.05) is 40.3 Å². The number of piperidine rings is 1. The fourth-order valence-corrected chi connectivity index (χ4v) is 3.35. The van der Waals surface area contributed by atoms with Gasteiger partial charge in [-0.15, -0.1) is 0 Å². The van der Waals surface area contributed by atoms with Crippen molar-refractivity contribution < 1.29 is 9.59 Å². The van der Waals surface area contributed by atoms with E-state index in [0.717, 1.165) is 38.9 Å². The molecule has 0 saturated carbocycles. The first-order valence-electron chi connectivity index (χ1n) is 8.14. The second kappa shape index (κ2) is 6.77. The van der Waals surface area contributed by atoms with Gasteiger partial charge in [0.15, 0.2) is 0 Å². The zero-order chi connectivity index (χ0) is 15.6. The van der Waals surface area contributed by atoms with Crippen molar-refractivity contribution >= 4 is 11.8 Å².